The van der Waals surface area contributed by atoms with Gasteiger partial charge in [0, 0.05) is 51.7 Å². The van der Waals surface area contributed by atoms with E-state index in [9.17, 15) is 26.3 Å². The highest BCUT2D eigenvalue weighted by molar-refractivity contribution is 9.10. The van der Waals surface area contributed by atoms with Crippen LogP contribution in [-0.2, 0) is 6.42 Å². The maximum atomic E-state index is 15.4. The summed E-state index contributed by atoms with van der Waals surface area (Å²) in [5, 5.41) is 0. The maximum Gasteiger partial charge on any atom is 0.200 e. The summed E-state index contributed by atoms with van der Waals surface area (Å²) in [7, 11) is 0. The van der Waals surface area contributed by atoms with Crippen LogP contribution in [0, 0.1) is 63.6 Å². The van der Waals surface area contributed by atoms with Gasteiger partial charge in [0.1, 0.15) is 0 Å². The monoisotopic (exact) mass is 758 g/mol. The molecule has 0 radical (unpaired) electrons. The fourth-order valence-corrected chi connectivity index (χ4v) is 6.93. The zero-order valence-corrected chi connectivity index (χ0v) is 27.3. The van der Waals surface area contributed by atoms with Gasteiger partial charge in [0.05, 0.1) is 22.5 Å². The first-order chi connectivity index (χ1) is 23.0. The summed E-state index contributed by atoms with van der Waals surface area (Å²) in [6.07, 6.45) is 1.07. The third kappa shape index (κ3) is 5.89. The summed E-state index contributed by atoms with van der Waals surface area (Å²) in [4.78, 5) is 13.1. The number of H-pyrrole nitrogens is 3. The third-order valence-electron chi connectivity index (χ3n) is 8.88. The Morgan fingerprint density at radius 1 is 0.612 bits per heavy atom. The summed E-state index contributed by atoms with van der Waals surface area (Å²) in [5.41, 5.74) is -1.86. The molecule has 5 aromatic rings. The second-order valence-electron chi connectivity index (χ2n) is 12.7. The Kier molecular flexibility index (Phi) is 8.87. The quantitative estimate of drug-likeness (QED) is 0.0802. The van der Waals surface area contributed by atoms with Gasteiger partial charge in [-0.05, 0) is 71.1 Å². The molecule has 4 heterocycles. The first-order valence-corrected chi connectivity index (χ1v) is 15.6. The summed E-state index contributed by atoms with van der Waals surface area (Å²) in [5.74, 6) is -25.6. The largest absolute Gasteiger partial charge is 0.361 e. The predicted octanol–water partition coefficient (Wildman–Crippen LogP) is 9.99. The lowest BCUT2D eigenvalue weighted by Crippen LogP contribution is -2.25. The Hall–Kier alpha value is -4.27. The maximum absolute atomic E-state index is 15.4. The fraction of sp³-hybridized carbons (Fsp3) is 0.265. The molecule has 0 amide bonds. The molecule has 1 aliphatic heterocycles. The average molecular weight is 759 g/mol. The molecule has 0 aliphatic carbocycles. The van der Waals surface area contributed by atoms with Crippen molar-refractivity contribution in [3.05, 3.63) is 139 Å². The molecule has 1 aliphatic rings. The Balaban J connectivity index is 1.53. The van der Waals surface area contributed by atoms with Gasteiger partial charge in [-0.3, -0.25) is 4.99 Å². The molecular weight excluding hydrogens is 734 g/mol. The summed E-state index contributed by atoms with van der Waals surface area (Å²) in [6.45, 7) is 5.92. The lowest BCUT2D eigenvalue weighted by atomic mass is 9.81. The van der Waals surface area contributed by atoms with Crippen molar-refractivity contribution in [2.24, 2.45) is 10.4 Å². The van der Waals surface area contributed by atoms with Crippen LogP contribution in [0.3, 0.4) is 0 Å². The number of halogens is 11. The van der Waals surface area contributed by atoms with E-state index in [1.54, 1.807) is 6.07 Å². The fourth-order valence-electron chi connectivity index (χ4n) is 6.57. The molecule has 3 aromatic heterocycles. The molecule has 2 aromatic carbocycles. The number of aliphatic imine (C=N–C) groups is 1. The molecule has 258 valence electrons. The number of benzene rings is 2. The first kappa shape index (κ1) is 34.6. The predicted molar refractivity (Wildman–Crippen MR) is 163 cm³/mol. The highest BCUT2D eigenvalue weighted by Gasteiger charge is 2.38. The van der Waals surface area contributed by atoms with Gasteiger partial charge in [-0.1, -0.05) is 13.8 Å². The third-order valence-corrected chi connectivity index (χ3v) is 9.35. The van der Waals surface area contributed by atoms with E-state index in [1.165, 1.54) is 18.2 Å². The van der Waals surface area contributed by atoms with Gasteiger partial charge in [-0.15, -0.1) is 0 Å². The summed E-state index contributed by atoms with van der Waals surface area (Å²) < 4.78 is 148. The smallest absolute Gasteiger partial charge is 0.200 e. The van der Waals surface area contributed by atoms with Crippen LogP contribution >= 0.6 is 15.9 Å². The van der Waals surface area contributed by atoms with Gasteiger partial charge in [-0.25, -0.2) is 43.9 Å². The molecule has 0 saturated heterocycles. The highest BCUT2D eigenvalue weighted by atomic mass is 79.9. The Labute approximate surface area is 280 Å². The van der Waals surface area contributed by atoms with Crippen LogP contribution in [0.15, 0.2) is 46.0 Å². The normalized spacial score (nSPS) is 17.1. The number of aromatic nitrogens is 3. The summed E-state index contributed by atoms with van der Waals surface area (Å²) >= 11 is 3.13. The van der Waals surface area contributed by atoms with E-state index in [-0.39, 0.29) is 38.8 Å². The van der Waals surface area contributed by atoms with Crippen molar-refractivity contribution < 1.29 is 43.9 Å². The zero-order valence-electron chi connectivity index (χ0n) is 25.7. The molecule has 0 saturated carbocycles. The zero-order chi connectivity index (χ0) is 35.7. The van der Waals surface area contributed by atoms with Gasteiger partial charge in [-0.2, -0.15) is 0 Å². The van der Waals surface area contributed by atoms with E-state index in [4.69, 9.17) is 0 Å². The highest BCUT2D eigenvalue weighted by Crippen LogP contribution is 2.42. The molecule has 3 atom stereocenters. The van der Waals surface area contributed by atoms with Crippen LogP contribution in [0.1, 0.15) is 78.6 Å². The van der Waals surface area contributed by atoms with Gasteiger partial charge in [0.15, 0.2) is 46.5 Å². The van der Waals surface area contributed by atoms with E-state index in [2.05, 4.69) is 35.9 Å². The number of rotatable bonds is 8. The molecule has 4 nitrogen and oxygen atoms in total. The SMILES string of the molecule is CC1=NC(Cc2ccc(C(c3ccc(C(c4ccc(Br)[nH]4)c4c(F)c(F)c(F)c(F)c4F)[nH]3)c3c(F)c(F)c(F)c(F)c3F)[nH]2)C(C)(C)C1. The van der Waals surface area contributed by atoms with E-state index in [0.717, 1.165) is 24.3 Å². The van der Waals surface area contributed by atoms with Crippen LogP contribution in [-0.4, -0.2) is 26.7 Å². The molecule has 3 unspecified atom stereocenters. The van der Waals surface area contributed by atoms with Crippen LogP contribution in [0.2, 0.25) is 0 Å². The van der Waals surface area contributed by atoms with E-state index >= 15 is 17.6 Å². The minimum Gasteiger partial charge on any atom is -0.361 e. The van der Waals surface area contributed by atoms with Crippen molar-refractivity contribution >= 4 is 21.6 Å². The van der Waals surface area contributed by atoms with Crippen molar-refractivity contribution in [1.82, 2.24) is 15.0 Å². The van der Waals surface area contributed by atoms with Crippen LogP contribution in [0.4, 0.5) is 43.9 Å². The minimum absolute atomic E-state index is 0.0292. The number of nitrogens with one attached hydrogen (secondary N) is 3. The standard InChI is InChI=1S/C34H25BrF10N4/c1-12-11-34(2,3)18(46-12)10-13-4-5-14(47-13)20(22-24(36)28(40)32(44)29(41)25(22)37)15-6-7-16(48-15)21(17-8-9-19(35)49-17)23-26(38)30(42)33(45)31(43)27(23)39/h4-9,18,20-21,47-49H,10-11H2,1-3H3. The van der Waals surface area contributed by atoms with Gasteiger partial charge < -0.3 is 15.0 Å². The second kappa shape index (κ2) is 12.6. The molecule has 0 bridgehead atoms. The molecule has 6 rings (SSSR count). The topological polar surface area (TPSA) is 59.7 Å². The summed E-state index contributed by atoms with van der Waals surface area (Å²) in [6, 6.07) is 7.77. The molecule has 0 spiro atoms. The van der Waals surface area contributed by atoms with Gasteiger partial charge >= 0.3 is 0 Å². The average Bonchev–Trinajstić information content (AvgIpc) is 3.86. The van der Waals surface area contributed by atoms with E-state index in [1.807, 2.05) is 20.8 Å². The first-order valence-electron chi connectivity index (χ1n) is 14.8. The van der Waals surface area contributed by atoms with Gasteiger partial charge in [0.25, 0.3) is 0 Å². The van der Waals surface area contributed by atoms with Crippen molar-refractivity contribution in [1.29, 1.82) is 0 Å². The molecule has 15 heteroatoms. The lowest BCUT2D eigenvalue weighted by Gasteiger charge is -2.25. The van der Waals surface area contributed by atoms with Crippen molar-refractivity contribution in [2.75, 3.05) is 0 Å². The van der Waals surface area contributed by atoms with Crippen LogP contribution in [0.5, 0.6) is 0 Å². The number of hydrogen-bond donors (Lipinski definition) is 3. The Bertz CT molecular complexity index is 2070. The van der Waals surface area contributed by atoms with Crippen LogP contribution in [0.25, 0.3) is 0 Å². The second-order valence-corrected chi connectivity index (χ2v) is 13.5. The lowest BCUT2D eigenvalue weighted by molar-refractivity contribution is 0.320. The van der Waals surface area contributed by atoms with Crippen molar-refractivity contribution in [3.63, 3.8) is 0 Å². The van der Waals surface area contributed by atoms with Crippen molar-refractivity contribution in [3.8, 4) is 0 Å². The molecule has 49 heavy (non-hydrogen) atoms. The molecule has 3 N–H and O–H groups in total. The Morgan fingerprint density at radius 2 is 1.00 bits per heavy atom. The minimum atomic E-state index is -2.38. The Morgan fingerprint density at radius 3 is 1.41 bits per heavy atom. The molecular formula is C34H25BrF10N4. The van der Waals surface area contributed by atoms with Crippen LogP contribution < -0.4 is 0 Å². The number of nitrogens with zero attached hydrogens (tertiary/aromatic N) is 1. The number of aromatic amines is 3. The number of hydrogen-bond acceptors (Lipinski definition) is 1. The van der Waals surface area contributed by atoms with Crippen molar-refractivity contribution in [2.45, 2.75) is 51.5 Å². The molecule has 0 fully saturated rings. The van der Waals surface area contributed by atoms with E-state index in [0.29, 0.717) is 12.1 Å². The van der Waals surface area contributed by atoms with E-state index < -0.39 is 81.1 Å². The van der Waals surface area contributed by atoms with Gasteiger partial charge in [0.2, 0.25) is 11.6 Å².